The molecule has 28 heavy (non-hydrogen) atoms. The Morgan fingerprint density at radius 1 is 1.07 bits per heavy atom. The van der Waals surface area contributed by atoms with Crippen LogP contribution in [0.15, 0.2) is 30.3 Å². The quantitative estimate of drug-likeness (QED) is 0.650. The van der Waals surface area contributed by atoms with Crippen molar-refractivity contribution in [2.24, 2.45) is 0 Å². The number of hydrogen-bond acceptors (Lipinski definition) is 5. The Morgan fingerprint density at radius 3 is 2.25 bits per heavy atom. The molecule has 0 radical (unpaired) electrons. The van der Waals surface area contributed by atoms with Crippen LogP contribution in [0, 0.1) is 0 Å². The molecule has 2 aliphatic rings. The van der Waals surface area contributed by atoms with Gasteiger partial charge in [0.05, 0.1) is 11.7 Å². The van der Waals surface area contributed by atoms with Crippen LogP contribution >= 0.6 is 0 Å². The second kappa shape index (κ2) is 7.63. The molecule has 8 nitrogen and oxygen atoms in total. The highest BCUT2D eigenvalue weighted by Crippen LogP contribution is 2.36. The normalized spacial score (nSPS) is 24.1. The summed E-state index contributed by atoms with van der Waals surface area (Å²) in [7, 11) is -3.26. The number of amides is 3. The number of hydrogen-bond donors (Lipinski definition) is 0. The second-order valence-electron chi connectivity index (χ2n) is 7.52. The minimum atomic E-state index is -3.26. The van der Waals surface area contributed by atoms with Crippen molar-refractivity contribution in [1.29, 1.82) is 0 Å². The molecular formula is C19H25N3O5S. The number of benzene rings is 1. The van der Waals surface area contributed by atoms with Crippen LogP contribution in [0.3, 0.4) is 0 Å². The summed E-state index contributed by atoms with van der Waals surface area (Å²) in [6.07, 6.45) is 1.29. The van der Waals surface area contributed by atoms with E-state index in [1.165, 1.54) is 9.21 Å². The summed E-state index contributed by atoms with van der Waals surface area (Å²) in [4.78, 5) is 40.5. The van der Waals surface area contributed by atoms with E-state index >= 15 is 0 Å². The third-order valence-corrected chi connectivity index (χ3v) is 6.85. The Kier molecular flexibility index (Phi) is 5.58. The fourth-order valence-corrected chi connectivity index (χ4v) is 4.60. The summed E-state index contributed by atoms with van der Waals surface area (Å²) in [6, 6.07) is 9.19. The van der Waals surface area contributed by atoms with E-state index in [9.17, 15) is 22.8 Å². The van der Waals surface area contributed by atoms with Gasteiger partial charge < -0.3 is 4.90 Å². The molecule has 2 saturated heterocycles. The molecule has 1 aromatic rings. The molecule has 1 atom stereocenters. The van der Waals surface area contributed by atoms with Crippen molar-refractivity contribution >= 4 is 27.7 Å². The molecule has 0 bridgehead atoms. The molecule has 2 heterocycles. The zero-order valence-corrected chi connectivity index (χ0v) is 16.9. The first-order valence-electron chi connectivity index (χ1n) is 9.26. The Labute approximate surface area is 165 Å². The van der Waals surface area contributed by atoms with Crippen molar-refractivity contribution in [3.8, 4) is 0 Å². The van der Waals surface area contributed by atoms with Crippen molar-refractivity contribution < 1.29 is 22.8 Å². The Hall–Kier alpha value is -2.26. The summed E-state index contributed by atoms with van der Waals surface area (Å²) < 4.78 is 24.4. The summed E-state index contributed by atoms with van der Waals surface area (Å²) in [5.74, 6) is -0.730. The number of likely N-dealkylation sites (tertiary alicyclic amines) is 1. The van der Waals surface area contributed by atoms with Crippen LogP contribution in [0.1, 0.15) is 25.3 Å². The Balaban J connectivity index is 1.58. The number of imide groups is 1. The highest BCUT2D eigenvalue weighted by Gasteiger charge is 2.49. The van der Waals surface area contributed by atoms with Crippen LogP contribution in [0.2, 0.25) is 0 Å². The molecule has 0 aliphatic carbocycles. The summed E-state index contributed by atoms with van der Waals surface area (Å²) >= 11 is 0. The number of carbonyl (C=O) groups excluding carboxylic acids is 3. The lowest BCUT2D eigenvalue weighted by Crippen LogP contribution is -2.50. The van der Waals surface area contributed by atoms with Gasteiger partial charge in [-0.2, -0.15) is 4.31 Å². The molecule has 0 saturated carbocycles. The molecule has 2 aliphatic heterocycles. The largest absolute Gasteiger partial charge is 0.340 e. The van der Waals surface area contributed by atoms with Gasteiger partial charge in [0.1, 0.15) is 0 Å². The first kappa shape index (κ1) is 20.5. The summed E-state index contributed by atoms with van der Waals surface area (Å²) in [6.45, 7) is 2.96. The lowest BCUT2D eigenvalue weighted by molar-refractivity contribution is -0.140. The van der Waals surface area contributed by atoms with Gasteiger partial charge in [-0.1, -0.05) is 30.3 Å². The number of rotatable bonds is 5. The topological polar surface area (TPSA) is 95.1 Å². The van der Waals surface area contributed by atoms with Gasteiger partial charge in [0.15, 0.2) is 0 Å². The van der Waals surface area contributed by atoms with Crippen LogP contribution in [-0.4, -0.2) is 79.2 Å². The van der Waals surface area contributed by atoms with E-state index in [0.29, 0.717) is 13.1 Å². The highest BCUT2D eigenvalue weighted by atomic mass is 32.2. The maximum absolute atomic E-state index is 12.9. The fraction of sp³-hybridized carbons (Fsp3) is 0.526. The molecule has 0 N–H and O–H groups in total. The molecule has 1 aromatic carbocycles. The molecule has 152 valence electrons. The van der Waals surface area contributed by atoms with Gasteiger partial charge in [-0.25, -0.2) is 8.42 Å². The van der Waals surface area contributed by atoms with Gasteiger partial charge in [-0.05, 0) is 12.5 Å². The van der Waals surface area contributed by atoms with E-state index in [4.69, 9.17) is 0 Å². The maximum Gasteiger partial charge on any atom is 0.240 e. The number of nitrogens with zero attached hydrogens (tertiary/aromatic N) is 3. The second-order valence-corrected chi connectivity index (χ2v) is 9.50. The van der Waals surface area contributed by atoms with Gasteiger partial charge in [0.2, 0.25) is 27.7 Å². The summed E-state index contributed by atoms with van der Waals surface area (Å²) in [5, 5.41) is 0. The SMILES string of the molecule is CC1(c2ccccc2)CC(=O)N(CCC(=O)N2CCN(S(C)(=O)=O)CC2)C1=O. The molecule has 9 heteroatoms. The predicted octanol–water partition coefficient (Wildman–Crippen LogP) is 0.197. The molecule has 3 amide bonds. The molecular weight excluding hydrogens is 382 g/mol. The molecule has 3 rings (SSSR count). The molecule has 2 fully saturated rings. The lowest BCUT2D eigenvalue weighted by Gasteiger charge is -2.33. The third-order valence-electron chi connectivity index (χ3n) is 5.54. The number of sulfonamides is 1. The fourth-order valence-electron chi connectivity index (χ4n) is 3.78. The minimum absolute atomic E-state index is 0.0429. The van der Waals surface area contributed by atoms with Crippen LogP contribution in [0.25, 0.3) is 0 Å². The van der Waals surface area contributed by atoms with E-state index in [-0.39, 0.29) is 50.2 Å². The average Bonchev–Trinajstić information content (AvgIpc) is 2.89. The van der Waals surface area contributed by atoms with Gasteiger partial charge in [-0.15, -0.1) is 0 Å². The van der Waals surface area contributed by atoms with E-state index in [1.807, 2.05) is 30.3 Å². The van der Waals surface area contributed by atoms with E-state index in [0.717, 1.165) is 11.8 Å². The van der Waals surface area contributed by atoms with Gasteiger partial charge in [-0.3, -0.25) is 19.3 Å². The Bertz CT molecular complexity index is 878. The molecule has 0 spiro atoms. The monoisotopic (exact) mass is 407 g/mol. The summed E-state index contributed by atoms with van der Waals surface area (Å²) in [5.41, 5.74) is -0.109. The van der Waals surface area contributed by atoms with Crippen molar-refractivity contribution in [1.82, 2.24) is 14.1 Å². The lowest BCUT2D eigenvalue weighted by atomic mass is 9.81. The Morgan fingerprint density at radius 2 is 1.68 bits per heavy atom. The molecule has 0 aromatic heterocycles. The van der Waals surface area contributed by atoms with Crippen LogP contribution < -0.4 is 0 Å². The zero-order valence-electron chi connectivity index (χ0n) is 16.1. The number of carbonyl (C=O) groups is 3. The van der Waals surface area contributed by atoms with Crippen LogP contribution in [-0.2, 0) is 29.8 Å². The van der Waals surface area contributed by atoms with E-state index in [2.05, 4.69) is 0 Å². The van der Waals surface area contributed by atoms with Gasteiger partial charge in [0, 0.05) is 45.6 Å². The van der Waals surface area contributed by atoms with E-state index < -0.39 is 15.4 Å². The number of piperazine rings is 1. The highest BCUT2D eigenvalue weighted by molar-refractivity contribution is 7.88. The predicted molar refractivity (Wildman–Crippen MR) is 103 cm³/mol. The van der Waals surface area contributed by atoms with E-state index in [1.54, 1.807) is 11.8 Å². The smallest absolute Gasteiger partial charge is 0.240 e. The molecule has 1 unspecified atom stereocenters. The first-order valence-corrected chi connectivity index (χ1v) is 11.1. The maximum atomic E-state index is 12.9. The minimum Gasteiger partial charge on any atom is -0.340 e. The average molecular weight is 407 g/mol. The first-order chi connectivity index (χ1) is 13.1. The van der Waals surface area contributed by atoms with Crippen LogP contribution in [0.5, 0.6) is 0 Å². The van der Waals surface area contributed by atoms with Gasteiger partial charge in [0.25, 0.3) is 0 Å². The van der Waals surface area contributed by atoms with Crippen molar-refractivity contribution in [2.75, 3.05) is 39.0 Å². The zero-order chi connectivity index (χ0) is 20.5. The standard InChI is InChI=1S/C19H25N3O5S/c1-19(15-6-4-3-5-7-15)14-17(24)22(18(19)25)9-8-16(23)20-10-12-21(13-11-20)28(2,26)27/h3-7H,8-14H2,1-2H3. The van der Waals surface area contributed by atoms with Crippen molar-refractivity contribution in [2.45, 2.75) is 25.2 Å². The van der Waals surface area contributed by atoms with Crippen molar-refractivity contribution in [3.05, 3.63) is 35.9 Å². The third kappa shape index (κ3) is 3.95. The van der Waals surface area contributed by atoms with Gasteiger partial charge >= 0.3 is 0 Å². The van der Waals surface area contributed by atoms with Crippen molar-refractivity contribution in [3.63, 3.8) is 0 Å². The van der Waals surface area contributed by atoms with Crippen LogP contribution in [0.4, 0.5) is 0 Å².